The van der Waals surface area contributed by atoms with Crippen molar-refractivity contribution in [1.82, 2.24) is 20.4 Å². The Bertz CT molecular complexity index is 997. The molecule has 0 bridgehead atoms. The maximum Gasteiger partial charge on any atom is 0.434 e. The fourth-order valence-electron chi connectivity index (χ4n) is 4.28. The monoisotopic (exact) mass is 442 g/mol. The minimum Gasteiger partial charge on any atom is -0.384 e. The fraction of sp³-hybridized carbons (Fsp3) is 0.522. The molecule has 9 nitrogen and oxygen atoms in total. The minimum atomic E-state index is -0.869. The van der Waals surface area contributed by atoms with Crippen molar-refractivity contribution in [2.24, 2.45) is 11.8 Å². The highest BCUT2D eigenvalue weighted by atomic mass is 16.4. The number of ketones is 1. The number of nitrogens with one attached hydrogen (secondary N) is 2. The zero-order valence-corrected chi connectivity index (χ0v) is 18.7. The fourth-order valence-corrected chi connectivity index (χ4v) is 4.28. The van der Waals surface area contributed by atoms with Crippen LogP contribution >= 0.6 is 0 Å². The van der Waals surface area contributed by atoms with Crippen LogP contribution in [0, 0.1) is 11.8 Å². The molecule has 9 heteroatoms. The van der Waals surface area contributed by atoms with Crippen LogP contribution in [-0.2, 0) is 4.79 Å². The van der Waals surface area contributed by atoms with E-state index in [0.717, 1.165) is 12.8 Å². The van der Waals surface area contributed by atoms with Crippen LogP contribution in [0.3, 0.4) is 0 Å². The normalized spacial score (nSPS) is 19.4. The lowest BCUT2D eigenvalue weighted by atomic mass is 9.82. The second-order valence-electron chi connectivity index (χ2n) is 8.71. The average molecular weight is 443 g/mol. The highest BCUT2D eigenvalue weighted by Gasteiger charge is 2.38. The molecule has 2 amide bonds. The molecule has 3 rings (SSSR count). The number of H-pyrrole nitrogens is 1. The first-order chi connectivity index (χ1) is 15.3. The summed E-state index contributed by atoms with van der Waals surface area (Å²) < 4.78 is 4.80. The van der Waals surface area contributed by atoms with Gasteiger partial charge < -0.3 is 14.6 Å². The van der Waals surface area contributed by atoms with Crippen LogP contribution in [-0.4, -0.2) is 51.8 Å². The summed E-state index contributed by atoms with van der Waals surface area (Å²) >= 11 is 0. The molecule has 172 valence electrons. The number of nitrogens with zero attached hydrogens (tertiary/aromatic N) is 2. The second kappa shape index (κ2) is 10.4. The molecule has 1 heterocycles. The van der Waals surface area contributed by atoms with Crippen LogP contribution in [0.4, 0.5) is 0 Å². The molecule has 0 aliphatic heterocycles. The van der Waals surface area contributed by atoms with Gasteiger partial charge >= 0.3 is 5.76 Å². The number of carbonyl (C=O) groups is 3. The number of aromatic amines is 1. The first-order valence-electron chi connectivity index (χ1n) is 11.0. The molecule has 2 N–H and O–H groups in total. The molecule has 1 saturated carbocycles. The Morgan fingerprint density at radius 3 is 2.50 bits per heavy atom. The van der Waals surface area contributed by atoms with E-state index in [4.69, 9.17) is 4.42 Å². The van der Waals surface area contributed by atoms with Gasteiger partial charge in [0.25, 0.3) is 11.8 Å². The number of aromatic nitrogens is 2. The summed E-state index contributed by atoms with van der Waals surface area (Å²) in [4.78, 5) is 52.0. The summed E-state index contributed by atoms with van der Waals surface area (Å²) in [6.07, 6.45) is 3.51. The Hall–Kier alpha value is -3.23. The van der Waals surface area contributed by atoms with E-state index in [0.29, 0.717) is 24.8 Å². The highest BCUT2D eigenvalue weighted by Crippen LogP contribution is 2.29. The summed E-state index contributed by atoms with van der Waals surface area (Å²) in [5.74, 6) is -2.46. The van der Waals surface area contributed by atoms with Gasteiger partial charge in [-0.1, -0.05) is 44.9 Å². The van der Waals surface area contributed by atoms with E-state index in [1.807, 2.05) is 32.0 Å². The number of Topliss-reactive ketones (excluding diaryl/α,β-unsaturated/α-hetero) is 1. The maximum atomic E-state index is 13.3. The molecular weight excluding hydrogens is 412 g/mol. The van der Waals surface area contributed by atoms with Crippen molar-refractivity contribution in [3.63, 3.8) is 0 Å². The van der Waals surface area contributed by atoms with E-state index in [1.165, 1.54) is 0 Å². The Morgan fingerprint density at radius 1 is 1.19 bits per heavy atom. The van der Waals surface area contributed by atoms with Gasteiger partial charge in [0, 0.05) is 18.7 Å². The van der Waals surface area contributed by atoms with Crippen LogP contribution in [0.5, 0.6) is 0 Å². The van der Waals surface area contributed by atoms with E-state index < -0.39 is 23.5 Å². The SMILES string of the molecule is CC(C)C[C@H](NC(=O)[C@H]1CCCC[C@H]1N(C)C(=O)c1ccccc1)C(=O)c1n[nH]c(=O)o1. The van der Waals surface area contributed by atoms with E-state index >= 15 is 0 Å². The third-order valence-corrected chi connectivity index (χ3v) is 5.89. The third kappa shape index (κ3) is 5.52. The zero-order chi connectivity index (χ0) is 23.3. The van der Waals surface area contributed by atoms with Crippen molar-refractivity contribution in [3.05, 3.63) is 52.3 Å². The maximum absolute atomic E-state index is 13.3. The molecule has 1 fully saturated rings. The predicted octanol–water partition coefficient (Wildman–Crippen LogP) is 2.41. The average Bonchev–Trinajstić information content (AvgIpc) is 3.23. The Balaban J connectivity index is 1.77. The molecule has 2 aromatic rings. The number of carbonyl (C=O) groups excluding carboxylic acids is 3. The summed E-state index contributed by atoms with van der Waals surface area (Å²) in [7, 11) is 1.72. The van der Waals surface area contributed by atoms with Crippen LogP contribution in [0.15, 0.2) is 39.5 Å². The minimum absolute atomic E-state index is 0.111. The Kier molecular flexibility index (Phi) is 7.61. The van der Waals surface area contributed by atoms with Crippen LogP contribution in [0.25, 0.3) is 0 Å². The number of rotatable bonds is 8. The number of amides is 2. The van der Waals surface area contributed by atoms with Gasteiger partial charge in [-0.25, -0.2) is 9.89 Å². The second-order valence-corrected chi connectivity index (χ2v) is 8.71. The third-order valence-electron chi connectivity index (χ3n) is 5.89. The van der Waals surface area contributed by atoms with E-state index in [2.05, 4.69) is 15.5 Å². The lowest BCUT2D eigenvalue weighted by Crippen LogP contribution is -2.52. The molecule has 1 aliphatic rings. The summed E-state index contributed by atoms with van der Waals surface area (Å²) in [5.41, 5.74) is 0.571. The summed E-state index contributed by atoms with van der Waals surface area (Å²) in [6.45, 7) is 3.87. The van der Waals surface area contributed by atoms with Crippen molar-refractivity contribution < 1.29 is 18.8 Å². The predicted molar refractivity (Wildman–Crippen MR) is 117 cm³/mol. The standard InChI is InChI=1S/C23H30N4O5/c1-14(2)13-17(19(28)21-25-26-23(31)32-21)24-20(29)16-11-7-8-12-18(16)27(3)22(30)15-9-5-4-6-10-15/h4-6,9-10,14,16-18H,7-8,11-13H2,1-3H3,(H,24,29)(H,26,31)/t16-,17-,18+/m0/s1. The van der Waals surface area contributed by atoms with Gasteiger partial charge in [0.1, 0.15) is 0 Å². The van der Waals surface area contributed by atoms with E-state index in [1.54, 1.807) is 24.1 Å². The smallest absolute Gasteiger partial charge is 0.384 e. The molecule has 0 radical (unpaired) electrons. The first kappa shape index (κ1) is 23.4. The van der Waals surface area contributed by atoms with Crippen LogP contribution in [0.1, 0.15) is 67.0 Å². The van der Waals surface area contributed by atoms with Crippen molar-refractivity contribution in [2.45, 2.75) is 58.0 Å². The van der Waals surface area contributed by atoms with Crippen molar-refractivity contribution >= 4 is 17.6 Å². The molecule has 0 unspecified atom stereocenters. The largest absolute Gasteiger partial charge is 0.434 e. The molecular formula is C23H30N4O5. The number of hydrogen-bond donors (Lipinski definition) is 2. The first-order valence-corrected chi connectivity index (χ1v) is 11.0. The molecule has 1 aromatic carbocycles. The molecule has 0 saturated heterocycles. The molecule has 1 aliphatic carbocycles. The van der Waals surface area contributed by atoms with E-state index in [-0.39, 0.29) is 29.7 Å². The van der Waals surface area contributed by atoms with Gasteiger partial charge in [0.05, 0.1) is 12.0 Å². The van der Waals surface area contributed by atoms with Gasteiger partial charge in [-0.05, 0) is 37.3 Å². The highest BCUT2D eigenvalue weighted by molar-refractivity contribution is 5.99. The lowest BCUT2D eigenvalue weighted by Gasteiger charge is -2.37. The van der Waals surface area contributed by atoms with Gasteiger partial charge in [-0.3, -0.25) is 14.4 Å². The van der Waals surface area contributed by atoms with Crippen molar-refractivity contribution in [3.8, 4) is 0 Å². The summed E-state index contributed by atoms with van der Waals surface area (Å²) in [6, 6.07) is 7.84. The van der Waals surface area contributed by atoms with E-state index in [9.17, 15) is 19.2 Å². The van der Waals surface area contributed by atoms with Crippen molar-refractivity contribution in [2.75, 3.05) is 7.05 Å². The van der Waals surface area contributed by atoms with Crippen molar-refractivity contribution in [1.29, 1.82) is 0 Å². The van der Waals surface area contributed by atoms with Gasteiger partial charge in [-0.2, -0.15) is 0 Å². The Morgan fingerprint density at radius 2 is 1.88 bits per heavy atom. The number of benzene rings is 1. The molecule has 32 heavy (non-hydrogen) atoms. The molecule has 0 spiro atoms. The topological polar surface area (TPSA) is 125 Å². The Labute approximate surface area is 186 Å². The molecule has 1 aromatic heterocycles. The van der Waals surface area contributed by atoms with Gasteiger partial charge in [0.2, 0.25) is 11.7 Å². The summed E-state index contributed by atoms with van der Waals surface area (Å²) in [5, 5.41) is 8.53. The number of hydrogen-bond acceptors (Lipinski definition) is 6. The van der Waals surface area contributed by atoms with Gasteiger partial charge in [0.15, 0.2) is 0 Å². The lowest BCUT2D eigenvalue weighted by molar-refractivity contribution is -0.128. The molecule has 3 atom stereocenters. The van der Waals surface area contributed by atoms with Crippen LogP contribution in [0.2, 0.25) is 0 Å². The van der Waals surface area contributed by atoms with Crippen LogP contribution < -0.4 is 11.1 Å². The van der Waals surface area contributed by atoms with Gasteiger partial charge in [-0.15, -0.1) is 5.10 Å². The zero-order valence-electron chi connectivity index (χ0n) is 18.7. The quantitative estimate of drug-likeness (QED) is 0.605.